The summed E-state index contributed by atoms with van der Waals surface area (Å²) in [7, 11) is 1.51. The van der Waals surface area contributed by atoms with Gasteiger partial charge < -0.3 is 4.74 Å². The van der Waals surface area contributed by atoms with Crippen molar-refractivity contribution in [3.8, 4) is 17.3 Å². The van der Waals surface area contributed by atoms with Gasteiger partial charge in [-0.3, -0.25) is 0 Å². The van der Waals surface area contributed by atoms with Gasteiger partial charge in [-0.1, -0.05) is 12.1 Å². The van der Waals surface area contributed by atoms with Gasteiger partial charge in [0.2, 0.25) is 5.88 Å². The number of hydrogen-bond donors (Lipinski definition) is 0. The van der Waals surface area contributed by atoms with Gasteiger partial charge in [0.15, 0.2) is 5.82 Å². The summed E-state index contributed by atoms with van der Waals surface area (Å²) in [6.45, 7) is 0. The lowest BCUT2D eigenvalue weighted by molar-refractivity contribution is 0.397. The minimum absolute atomic E-state index is 0.326. The fourth-order valence-corrected chi connectivity index (χ4v) is 1.23. The normalized spacial score (nSPS) is 10.0. The van der Waals surface area contributed by atoms with E-state index in [0.717, 1.165) is 0 Å². The fraction of sp³-hybridized carbons (Fsp3) is 0.0909. The highest BCUT2D eigenvalue weighted by Crippen LogP contribution is 2.19. The summed E-state index contributed by atoms with van der Waals surface area (Å²) in [6.07, 6.45) is 1.54. The minimum atomic E-state index is -0.342. The quantitative estimate of drug-likeness (QED) is 0.752. The zero-order chi connectivity index (χ0) is 10.7. The van der Waals surface area contributed by atoms with Crippen molar-refractivity contribution in [2.75, 3.05) is 7.11 Å². The summed E-state index contributed by atoms with van der Waals surface area (Å²) in [4.78, 5) is 8.04. The van der Waals surface area contributed by atoms with Crippen molar-refractivity contribution >= 4 is 0 Å². The second-order valence-corrected chi connectivity index (χ2v) is 2.90. The molecule has 0 aliphatic rings. The number of nitrogens with zero attached hydrogens (tertiary/aromatic N) is 2. The van der Waals surface area contributed by atoms with Gasteiger partial charge in [-0.05, 0) is 12.1 Å². The fourth-order valence-electron chi connectivity index (χ4n) is 1.23. The Bertz CT molecular complexity index is 474. The van der Waals surface area contributed by atoms with Crippen LogP contribution in [0.5, 0.6) is 5.88 Å². The molecule has 0 unspecified atom stereocenters. The lowest BCUT2D eigenvalue weighted by atomic mass is 10.2. The molecule has 0 aliphatic carbocycles. The van der Waals surface area contributed by atoms with Crippen LogP contribution in [0.1, 0.15) is 0 Å². The molecule has 1 heterocycles. The van der Waals surface area contributed by atoms with E-state index in [4.69, 9.17) is 4.74 Å². The van der Waals surface area contributed by atoms with Crippen molar-refractivity contribution in [1.29, 1.82) is 0 Å². The molecule has 0 aliphatic heterocycles. The summed E-state index contributed by atoms with van der Waals surface area (Å²) in [5, 5.41) is 0. The molecule has 2 aromatic rings. The van der Waals surface area contributed by atoms with Crippen molar-refractivity contribution < 1.29 is 9.13 Å². The molecule has 0 N–H and O–H groups in total. The maximum atomic E-state index is 13.4. The zero-order valence-electron chi connectivity index (χ0n) is 8.14. The van der Waals surface area contributed by atoms with Gasteiger partial charge in [-0.15, -0.1) is 0 Å². The third kappa shape index (κ3) is 1.93. The molecule has 15 heavy (non-hydrogen) atoms. The average Bonchev–Trinajstić information content (AvgIpc) is 2.30. The van der Waals surface area contributed by atoms with E-state index >= 15 is 0 Å². The highest BCUT2D eigenvalue weighted by atomic mass is 19.1. The van der Waals surface area contributed by atoms with E-state index < -0.39 is 0 Å². The summed E-state index contributed by atoms with van der Waals surface area (Å²) in [5.74, 6) is 0.404. The molecule has 0 radical (unpaired) electrons. The van der Waals surface area contributed by atoms with Crippen molar-refractivity contribution in [1.82, 2.24) is 9.97 Å². The molecule has 1 aromatic heterocycles. The van der Waals surface area contributed by atoms with Crippen LogP contribution in [0, 0.1) is 5.82 Å². The Labute approximate surface area is 86.6 Å². The Balaban J connectivity index is 2.49. The first-order chi connectivity index (χ1) is 7.31. The van der Waals surface area contributed by atoms with Crippen LogP contribution < -0.4 is 4.74 Å². The molecule has 0 amide bonds. The van der Waals surface area contributed by atoms with Crippen LogP contribution in [0.15, 0.2) is 36.5 Å². The number of methoxy groups -OCH3 is 1. The molecule has 2 rings (SSSR count). The molecular weight excluding hydrogens is 195 g/mol. The summed E-state index contributed by atoms with van der Waals surface area (Å²) in [6, 6.07) is 7.98. The Morgan fingerprint density at radius 1 is 1.20 bits per heavy atom. The molecule has 3 nitrogen and oxygen atoms in total. The minimum Gasteiger partial charge on any atom is -0.481 e. The maximum Gasteiger partial charge on any atom is 0.216 e. The van der Waals surface area contributed by atoms with E-state index in [1.807, 2.05) is 0 Å². The van der Waals surface area contributed by atoms with Crippen LogP contribution in [0.2, 0.25) is 0 Å². The predicted molar refractivity (Wildman–Crippen MR) is 54.0 cm³/mol. The van der Waals surface area contributed by atoms with Gasteiger partial charge in [0, 0.05) is 12.3 Å². The first-order valence-electron chi connectivity index (χ1n) is 4.43. The molecule has 0 saturated heterocycles. The number of benzene rings is 1. The Morgan fingerprint density at radius 3 is 2.73 bits per heavy atom. The van der Waals surface area contributed by atoms with Crippen molar-refractivity contribution in [3.63, 3.8) is 0 Å². The SMILES string of the molecule is COc1ccnc(-c2ccccc2F)n1. The number of aromatic nitrogens is 2. The second kappa shape index (κ2) is 4.04. The van der Waals surface area contributed by atoms with E-state index in [-0.39, 0.29) is 5.82 Å². The van der Waals surface area contributed by atoms with Gasteiger partial charge >= 0.3 is 0 Å². The van der Waals surface area contributed by atoms with Gasteiger partial charge in [0.25, 0.3) is 0 Å². The largest absolute Gasteiger partial charge is 0.481 e. The standard InChI is InChI=1S/C11H9FN2O/c1-15-10-6-7-13-11(14-10)8-4-2-3-5-9(8)12/h2-7H,1H3. The number of rotatable bonds is 2. The van der Waals surface area contributed by atoms with Crippen LogP contribution in [-0.4, -0.2) is 17.1 Å². The smallest absolute Gasteiger partial charge is 0.216 e. The molecule has 76 valence electrons. The third-order valence-electron chi connectivity index (χ3n) is 1.95. The van der Waals surface area contributed by atoms with Crippen molar-refractivity contribution in [2.45, 2.75) is 0 Å². The monoisotopic (exact) mass is 204 g/mol. The molecule has 0 saturated carbocycles. The van der Waals surface area contributed by atoms with E-state index in [1.165, 1.54) is 19.4 Å². The molecular formula is C11H9FN2O. The first kappa shape index (κ1) is 9.58. The molecule has 0 bridgehead atoms. The van der Waals surface area contributed by atoms with Crippen LogP contribution in [0.25, 0.3) is 11.4 Å². The zero-order valence-corrected chi connectivity index (χ0v) is 8.14. The summed E-state index contributed by atoms with van der Waals surface area (Å²) >= 11 is 0. The van der Waals surface area contributed by atoms with E-state index in [2.05, 4.69) is 9.97 Å². The molecule has 0 atom stereocenters. The van der Waals surface area contributed by atoms with Gasteiger partial charge in [-0.2, -0.15) is 4.98 Å². The van der Waals surface area contributed by atoms with Crippen LogP contribution >= 0.6 is 0 Å². The lowest BCUT2D eigenvalue weighted by Crippen LogP contribution is -1.94. The maximum absolute atomic E-state index is 13.4. The van der Waals surface area contributed by atoms with Gasteiger partial charge in [0.1, 0.15) is 5.82 Å². The van der Waals surface area contributed by atoms with Crippen LogP contribution in [0.4, 0.5) is 4.39 Å². The first-order valence-corrected chi connectivity index (χ1v) is 4.43. The molecule has 0 spiro atoms. The lowest BCUT2D eigenvalue weighted by Gasteiger charge is -2.03. The highest BCUT2D eigenvalue weighted by molar-refractivity contribution is 5.55. The van der Waals surface area contributed by atoms with E-state index in [1.54, 1.807) is 24.3 Å². The number of hydrogen-bond acceptors (Lipinski definition) is 3. The summed E-state index contributed by atoms with van der Waals surface area (Å²) in [5.41, 5.74) is 0.372. The van der Waals surface area contributed by atoms with Crippen LogP contribution in [0.3, 0.4) is 0 Å². The molecule has 1 aromatic carbocycles. The summed E-state index contributed by atoms with van der Waals surface area (Å²) < 4.78 is 18.3. The Morgan fingerprint density at radius 2 is 2.00 bits per heavy atom. The number of ether oxygens (including phenoxy) is 1. The Hall–Kier alpha value is -1.97. The average molecular weight is 204 g/mol. The third-order valence-corrected chi connectivity index (χ3v) is 1.95. The van der Waals surface area contributed by atoms with E-state index in [0.29, 0.717) is 17.3 Å². The van der Waals surface area contributed by atoms with Gasteiger partial charge in [-0.25, -0.2) is 9.37 Å². The Kier molecular flexibility index (Phi) is 2.58. The van der Waals surface area contributed by atoms with Gasteiger partial charge in [0.05, 0.1) is 12.7 Å². The van der Waals surface area contributed by atoms with Crippen molar-refractivity contribution in [2.24, 2.45) is 0 Å². The van der Waals surface area contributed by atoms with Crippen LogP contribution in [-0.2, 0) is 0 Å². The topological polar surface area (TPSA) is 35.0 Å². The second-order valence-electron chi connectivity index (χ2n) is 2.90. The highest BCUT2D eigenvalue weighted by Gasteiger charge is 2.07. The number of halogens is 1. The molecule has 0 fully saturated rings. The predicted octanol–water partition coefficient (Wildman–Crippen LogP) is 2.29. The molecule has 4 heteroatoms. The van der Waals surface area contributed by atoms with Crippen molar-refractivity contribution in [3.05, 3.63) is 42.3 Å². The van der Waals surface area contributed by atoms with E-state index in [9.17, 15) is 4.39 Å².